The summed E-state index contributed by atoms with van der Waals surface area (Å²) in [6.45, 7) is 6.92. The number of rotatable bonds is 6. The second kappa shape index (κ2) is 6.60. The molecule has 0 amide bonds. The van der Waals surface area contributed by atoms with Gasteiger partial charge in [-0.1, -0.05) is 32.1 Å². The van der Waals surface area contributed by atoms with Gasteiger partial charge >= 0.3 is 0 Å². The molecular weight excluding hydrogens is 230 g/mol. The maximum Gasteiger partial charge on any atom is 0.119 e. The topological polar surface area (TPSA) is 35.2 Å². The molecule has 0 aromatic heterocycles. The van der Waals surface area contributed by atoms with E-state index in [9.17, 15) is 0 Å². The number of hydrogen-bond acceptors (Lipinski definition) is 2. The van der Waals surface area contributed by atoms with Gasteiger partial charge in [0.1, 0.15) is 5.75 Å². The molecule has 0 radical (unpaired) electrons. The number of thiocarbonyl (C=S) groups is 1. The van der Waals surface area contributed by atoms with Crippen molar-refractivity contribution in [2.24, 2.45) is 11.7 Å². The number of benzene rings is 1. The van der Waals surface area contributed by atoms with Crippen molar-refractivity contribution in [3.05, 3.63) is 29.3 Å². The molecule has 0 saturated carbocycles. The maximum absolute atomic E-state index is 5.66. The first-order valence-electron chi connectivity index (χ1n) is 6.12. The van der Waals surface area contributed by atoms with Gasteiger partial charge in [0, 0.05) is 5.92 Å². The van der Waals surface area contributed by atoms with E-state index in [0.29, 0.717) is 11.6 Å². The average Bonchev–Trinajstić information content (AvgIpc) is 2.31. The fraction of sp³-hybridized carbons (Fsp3) is 0.500. The van der Waals surface area contributed by atoms with Crippen LogP contribution >= 0.6 is 12.2 Å². The molecule has 0 bridgehead atoms. The first kappa shape index (κ1) is 14.0. The van der Waals surface area contributed by atoms with Crippen LogP contribution in [0.15, 0.2) is 18.2 Å². The third-order valence-electron chi connectivity index (χ3n) is 2.88. The van der Waals surface area contributed by atoms with Gasteiger partial charge in [0.15, 0.2) is 0 Å². The lowest BCUT2D eigenvalue weighted by molar-refractivity contribution is 0.340. The van der Waals surface area contributed by atoms with Crippen molar-refractivity contribution in [3.8, 4) is 5.75 Å². The van der Waals surface area contributed by atoms with Crippen LogP contribution in [0.4, 0.5) is 0 Å². The molecule has 3 heteroatoms. The van der Waals surface area contributed by atoms with Crippen LogP contribution in [0.3, 0.4) is 0 Å². The molecule has 0 aliphatic rings. The van der Waals surface area contributed by atoms with Crippen LogP contribution in [0.5, 0.6) is 5.75 Å². The Bertz CT molecular complexity index is 390. The fourth-order valence-electron chi connectivity index (χ4n) is 1.82. The summed E-state index contributed by atoms with van der Waals surface area (Å²) in [6, 6.07) is 6.26. The molecule has 94 valence electrons. The van der Waals surface area contributed by atoms with Crippen LogP contribution in [0, 0.1) is 5.92 Å². The third-order valence-corrected chi connectivity index (χ3v) is 3.28. The summed E-state index contributed by atoms with van der Waals surface area (Å²) in [4.78, 5) is 0.584. The number of aryl methyl sites for hydroxylation is 1. The van der Waals surface area contributed by atoms with Crippen LogP contribution < -0.4 is 10.5 Å². The Morgan fingerprint density at radius 3 is 2.59 bits per heavy atom. The average molecular weight is 251 g/mol. The van der Waals surface area contributed by atoms with E-state index >= 15 is 0 Å². The lowest BCUT2D eigenvalue weighted by atomic mass is 9.95. The molecule has 0 fully saturated rings. The summed E-state index contributed by atoms with van der Waals surface area (Å²) in [6.07, 6.45) is 1.91. The molecule has 1 aromatic carbocycles. The van der Waals surface area contributed by atoms with E-state index in [1.165, 1.54) is 11.1 Å². The largest absolute Gasteiger partial charge is 0.494 e. The first-order valence-corrected chi connectivity index (χ1v) is 6.53. The summed E-state index contributed by atoms with van der Waals surface area (Å²) in [5.74, 6) is 1.18. The van der Waals surface area contributed by atoms with Crippen molar-refractivity contribution >= 4 is 17.2 Å². The highest BCUT2D eigenvalue weighted by atomic mass is 32.1. The van der Waals surface area contributed by atoms with E-state index in [2.05, 4.69) is 26.0 Å². The van der Waals surface area contributed by atoms with Crippen LogP contribution in [0.25, 0.3) is 0 Å². The summed E-state index contributed by atoms with van der Waals surface area (Å²) in [7, 11) is 0. The van der Waals surface area contributed by atoms with Crippen LogP contribution in [-0.4, -0.2) is 11.6 Å². The Morgan fingerprint density at radius 1 is 1.35 bits per heavy atom. The monoisotopic (exact) mass is 251 g/mol. The van der Waals surface area contributed by atoms with Gasteiger partial charge in [-0.3, -0.25) is 0 Å². The first-order chi connectivity index (χ1) is 8.08. The summed E-state index contributed by atoms with van der Waals surface area (Å²) >= 11 is 5.02. The van der Waals surface area contributed by atoms with E-state index in [0.717, 1.165) is 18.6 Å². The molecule has 2 N–H and O–H groups in total. The minimum atomic E-state index is 0.244. The zero-order chi connectivity index (χ0) is 12.8. The second-order valence-corrected chi connectivity index (χ2v) is 4.70. The third kappa shape index (κ3) is 4.00. The molecule has 0 heterocycles. The molecule has 1 rings (SSSR count). The highest BCUT2D eigenvalue weighted by Crippen LogP contribution is 2.21. The van der Waals surface area contributed by atoms with Crippen molar-refractivity contribution in [1.29, 1.82) is 0 Å². The van der Waals surface area contributed by atoms with Gasteiger partial charge in [-0.05, 0) is 43.0 Å². The quantitative estimate of drug-likeness (QED) is 0.789. The zero-order valence-corrected chi connectivity index (χ0v) is 11.6. The van der Waals surface area contributed by atoms with Crippen molar-refractivity contribution in [2.75, 3.05) is 6.61 Å². The smallest absolute Gasteiger partial charge is 0.119 e. The normalized spacial score (nSPS) is 12.2. The van der Waals surface area contributed by atoms with Gasteiger partial charge in [0.25, 0.3) is 0 Å². The van der Waals surface area contributed by atoms with Gasteiger partial charge in [-0.15, -0.1) is 0 Å². The molecule has 1 atom stereocenters. The Labute approximate surface area is 109 Å². The predicted octanol–water partition coefficient (Wildman–Crippen LogP) is 3.11. The van der Waals surface area contributed by atoms with E-state index in [1.54, 1.807) is 0 Å². The number of nitrogens with two attached hydrogens (primary N) is 1. The fourth-order valence-corrected chi connectivity index (χ4v) is 1.90. The summed E-state index contributed by atoms with van der Waals surface area (Å²) in [5, 5.41) is 0. The van der Waals surface area contributed by atoms with Crippen LogP contribution in [0.1, 0.15) is 31.9 Å². The molecule has 0 aliphatic carbocycles. The highest BCUT2D eigenvalue weighted by Gasteiger charge is 2.10. The lowest BCUT2D eigenvalue weighted by Crippen LogP contribution is -2.20. The Hall–Kier alpha value is -1.09. The molecule has 0 spiro atoms. The van der Waals surface area contributed by atoms with Crippen LogP contribution in [-0.2, 0) is 12.8 Å². The van der Waals surface area contributed by atoms with Gasteiger partial charge in [0.05, 0.1) is 11.6 Å². The second-order valence-electron chi connectivity index (χ2n) is 4.22. The Kier molecular flexibility index (Phi) is 5.42. The van der Waals surface area contributed by atoms with E-state index in [4.69, 9.17) is 22.7 Å². The summed E-state index contributed by atoms with van der Waals surface area (Å²) < 4.78 is 5.51. The van der Waals surface area contributed by atoms with Crippen molar-refractivity contribution in [3.63, 3.8) is 0 Å². The molecule has 2 nitrogen and oxygen atoms in total. The van der Waals surface area contributed by atoms with E-state index < -0.39 is 0 Å². The van der Waals surface area contributed by atoms with Gasteiger partial charge in [0.2, 0.25) is 0 Å². The van der Waals surface area contributed by atoms with Crippen LogP contribution in [0.2, 0.25) is 0 Å². The maximum atomic E-state index is 5.66. The van der Waals surface area contributed by atoms with Gasteiger partial charge < -0.3 is 10.5 Å². The Balaban J connectivity index is 2.88. The standard InChI is InChI=1S/C14H21NOS/c1-4-11-9-13(16-5-2)7-6-12(11)8-10(3)14(15)17/h6-7,9-10H,4-5,8H2,1-3H3,(H2,15,17). The predicted molar refractivity (Wildman–Crippen MR) is 76.6 cm³/mol. The van der Waals surface area contributed by atoms with E-state index in [-0.39, 0.29) is 5.92 Å². The van der Waals surface area contributed by atoms with Crippen molar-refractivity contribution < 1.29 is 4.74 Å². The van der Waals surface area contributed by atoms with E-state index in [1.807, 2.05) is 13.0 Å². The Morgan fingerprint density at radius 2 is 2.06 bits per heavy atom. The zero-order valence-electron chi connectivity index (χ0n) is 10.8. The molecule has 1 aromatic rings. The summed E-state index contributed by atoms with van der Waals surface area (Å²) in [5.41, 5.74) is 8.29. The van der Waals surface area contributed by atoms with Crippen molar-refractivity contribution in [2.45, 2.75) is 33.6 Å². The molecule has 0 aliphatic heterocycles. The minimum absolute atomic E-state index is 0.244. The van der Waals surface area contributed by atoms with Crippen molar-refractivity contribution in [1.82, 2.24) is 0 Å². The lowest BCUT2D eigenvalue weighted by Gasteiger charge is -2.14. The van der Waals surface area contributed by atoms with Gasteiger partial charge in [-0.2, -0.15) is 0 Å². The minimum Gasteiger partial charge on any atom is -0.494 e. The molecule has 17 heavy (non-hydrogen) atoms. The molecule has 1 unspecified atom stereocenters. The molecule has 0 saturated heterocycles. The number of hydrogen-bond donors (Lipinski definition) is 1. The van der Waals surface area contributed by atoms with Gasteiger partial charge in [-0.25, -0.2) is 0 Å². The highest BCUT2D eigenvalue weighted by molar-refractivity contribution is 7.80. The molecular formula is C14H21NOS. The SMILES string of the molecule is CCOc1ccc(CC(C)C(N)=S)c(CC)c1. The number of ether oxygens (including phenoxy) is 1.